The molecule has 0 spiro atoms. The molecule has 1 aromatic rings. The van der Waals surface area contributed by atoms with Crippen molar-refractivity contribution in [1.82, 2.24) is 0 Å². The Kier molecular flexibility index (Phi) is 2.94. The van der Waals surface area contributed by atoms with Crippen LogP contribution in [-0.2, 0) is 5.41 Å². The molecule has 1 aliphatic rings. The van der Waals surface area contributed by atoms with Gasteiger partial charge in [-0.15, -0.1) is 0 Å². The largest absolute Gasteiger partial charge is 0.494 e. The van der Waals surface area contributed by atoms with Crippen LogP contribution < -0.4 is 10.5 Å². The van der Waals surface area contributed by atoms with E-state index in [1.165, 1.54) is 11.1 Å². The molecule has 2 nitrogen and oxygen atoms in total. The monoisotopic (exact) mass is 219 g/mol. The van der Waals surface area contributed by atoms with Crippen molar-refractivity contribution in [2.24, 2.45) is 5.73 Å². The number of hydrogen-bond donors (Lipinski definition) is 1. The summed E-state index contributed by atoms with van der Waals surface area (Å²) in [6, 6.07) is 6.52. The highest BCUT2D eigenvalue weighted by molar-refractivity contribution is 5.43. The maximum Gasteiger partial charge on any atom is 0.119 e. The molecule has 16 heavy (non-hydrogen) atoms. The molecule has 1 unspecified atom stereocenters. The van der Waals surface area contributed by atoms with Crippen molar-refractivity contribution >= 4 is 0 Å². The highest BCUT2D eigenvalue weighted by Gasteiger charge is 2.31. The van der Waals surface area contributed by atoms with Crippen LogP contribution >= 0.6 is 0 Å². The topological polar surface area (TPSA) is 35.2 Å². The SMILES string of the molecule is CCOc1ccc2c(c1)C(C)(C)CCC2N. The number of rotatable bonds is 2. The summed E-state index contributed by atoms with van der Waals surface area (Å²) in [7, 11) is 0. The van der Waals surface area contributed by atoms with E-state index in [2.05, 4.69) is 26.0 Å². The summed E-state index contributed by atoms with van der Waals surface area (Å²) in [5.74, 6) is 0.962. The molecular weight excluding hydrogens is 198 g/mol. The quantitative estimate of drug-likeness (QED) is 0.829. The molecule has 1 atom stereocenters. The van der Waals surface area contributed by atoms with Gasteiger partial charge in [0.2, 0.25) is 0 Å². The lowest BCUT2D eigenvalue weighted by molar-refractivity contribution is 0.335. The summed E-state index contributed by atoms with van der Waals surface area (Å²) in [4.78, 5) is 0. The second-order valence-electron chi connectivity index (χ2n) is 5.21. The van der Waals surface area contributed by atoms with E-state index in [0.29, 0.717) is 6.61 Å². The molecule has 2 rings (SSSR count). The normalized spacial score (nSPS) is 22.6. The fraction of sp³-hybridized carbons (Fsp3) is 0.571. The van der Waals surface area contributed by atoms with E-state index in [0.717, 1.165) is 18.6 Å². The van der Waals surface area contributed by atoms with Gasteiger partial charge < -0.3 is 10.5 Å². The lowest BCUT2D eigenvalue weighted by Gasteiger charge is -2.36. The first-order valence-electron chi connectivity index (χ1n) is 6.07. The minimum atomic E-state index is 0.193. The van der Waals surface area contributed by atoms with Gasteiger partial charge in [0.1, 0.15) is 5.75 Å². The van der Waals surface area contributed by atoms with Crippen LogP contribution in [0.25, 0.3) is 0 Å². The van der Waals surface area contributed by atoms with Crippen molar-refractivity contribution in [3.8, 4) is 5.75 Å². The third-order valence-electron chi connectivity index (χ3n) is 3.54. The van der Waals surface area contributed by atoms with Gasteiger partial charge in [0, 0.05) is 6.04 Å². The van der Waals surface area contributed by atoms with Crippen LogP contribution in [0.3, 0.4) is 0 Å². The van der Waals surface area contributed by atoms with Crippen LogP contribution in [0.15, 0.2) is 18.2 Å². The molecule has 0 bridgehead atoms. The fourth-order valence-electron chi connectivity index (χ4n) is 2.51. The predicted octanol–water partition coefficient (Wildman–Crippen LogP) is 3.16. The third kappa shape index (κ3) is 1.94. The van der Waals surface area contributed by atoms with E-state index >= 15 is 0 Å². The summed E-state index contributed by atoms with van der Waals surface area (Å²) in [5.41, 5.74) is 9.02. The van der Waals surface area contributed by atoms with Gasteiger partial charge >= 0.3 is 0 Å². The van der Waals surface area contributed by atoms with E-state index in [-0.39, 0.29) is 11.5 Å². The van der Waals surface area contributed by atoms with Crippen LogP contribution in [0.1, 0.15) is 50.8 Å². The highest BCUT2D eigenvalue weighted by Crippen LogP contribution is 2.41. The molecule has 0 aromatic heterocycles. The first-order valence-corrected chi connectivity index (χ1v) is 6.07. The van der Waals surface area contributed by atoms with Crippen molar-refractivity contribution in [3.63, 3.8) is 0 Å². The van der Waals surface area contributed by atoms with Gasteiger partial charge in [-0.05, 0) is 48.4 Å². The first kappa shape index (κ1) is 11.5. The van der Waals surface area contributed by atoms with E-state index in [1.807, 2.05) is 13.0 Å². The van der Waals surface area contributed by atoms with E-state index in [1.54, 1.807) is 0 Å². The molecule has 2 N–H and O–H groups in total. The van der Waals surface area contributed by atoms with Crippen molar-refractivity contribution < 1.29 is 4.74 Å². The summed E-state index contributed by atoms with van der Waals surface area (Å²) >= 11 is 0. The average molecular weight is 219 g/mol. The number of benzene rings is 1. The zero-order valence-electron chi connectivity index (χ0n) is 10.4. The molecule has 0 saturated heterocycles. The van der Waals surface area contributed by atoms with Gasteiger partial charge in [0.05, 0.1) is 6.61 Å². The Balaban J connectivity index is 2.45. The van der Waals surface area contributed by atoms with Gasteiger partial charge in [0.25, 0.3) is 0 Å². The van der Waals surface area contributed by atoms with Gasteiger partial charge in [0.15, 0.2) is 0 Å². The molecule has 0 saturated carbocycles. The number of nitrogens with two attached hydrogens (primary N) is 1. The zero-order valence-corrected chi connectivity index (χ0v) is 10.4. The number of ether oxygens (including phenoxy) is 1. The molecule has 0 amide bonds. The molecule has 0 heterocycles. The van der Waals surface area contributed by atoms with Gasteiger partial charge in [-0.25, -0.2) is 0 Å². The van der Waals surface area contributed by atoms with E-state index < -0.39 is 0 Å². The molecule has 88 valence electrons. The zero-order chi connectivity index (χ0) is 11.8. The van der Waals surface area contributed by atoms with Crippen LogP contribution in [-0.4, -0.2) is 6.61 Å². The van der Waals surface area contributed by atoms with E-state index in [9.17, 15) is 0 Å². The third-order valence-corrected chi connectivity index (χ3v) is 3.54. The number of fused-ring (bicyclic) bond motifs is 1. The average Bonchev–Trinajstić information content (AvgIpc) is 2.25. The fourth-order valence-corrected chi connectivity index (χ4v) is 2.51. The van der Waals surface area contributed by atoms with Gasteiger partial charge in [-0.3, -0.25) is 0 Å². The van der Waals surface area contributed by atoms with Crippen LogP contribution in [0.4, 0.5) is 0 Å². The molecule has 0 radical (unpaired) electrons. The van der Waals surface area contributed by atoms with Crippen molar-refractivity contribution in [2.45, 2.75) is 45.1 Å². The second kappa shape index (κ2) is 4.10. The maximum absolute atomic E-state index is 6.15. The molecule has 2 heteroatoms. The van der Waals surface area contributed by atoms with Crippen molar-refractivity contribution in [3.05, 3.63) is 29.3 Å². The summed E-state index contributed by atoms with van der Waals surface area (Å²) in [6.45, 7) is 7.29. The minimum Gasteiger partial charge on any atom is -0.494 e. The Bertz CT molecular complexity index is 384. The highest BCUT2D eigenvalue weighted by atomic mass is 16.5. The van der Waals surface area contributed by atoms with Gasteiger partial charge in [-0.1, -0.05) is 19.9 Å². The second-order valence-corrected chi connectivity index (χ2v) is 5.21. The Morgan fingerprint density at radius 3 is 2.88 bits per heavy atom. The molecule has 0 aliphatic heterocycles. The van der Waals surface area contributed by atoms with E-state index in [4.69, 9.17) is 10.5 Å². The van der Waals surface area contributed by atoms with Crippen LogP contribution in [0.5, 0.6) is 5.75 Å². The summed E-state index contributed by atoms with van der Waals surface area (Å²) in [5, 5.41) is 0. The van der Waals surface area contributed by atoms with Crippen molar-refractivity contribution in [1.29, 1.82) is 0 Å². The lowest BCUT2D eigenvalue weighted by Crippen LogP contribution is -2.29. The van der Waals surface area contributed by atoms with Crippen LogP contribution in [0.2, 0.25) is 0 Å². The molecule has 1 aliphatic carbocycles. The van der Waals surface area contributed by atoms with Crippen molar-refractivity contribution in [2.75, 3.05) is 6.61 Å². The standard InChI is InChI=1S/C14H21NO/c1-4-16-10-5-6-11-12(9-10)14(2,3)8-7-13(11)15/h5-6,9,13H,4,7-8,15H2,1-3H3. The Morgan fingerprint density at radius 1 is 1.44 bits per heavy atom. The summed E-state index contributed by atoms with van der Waals surface area (Å²) < 4.78 is 5.56. The van der Waals surface area contributed by atoms with Crippen LogP contribution in [0, 0.1) is 0 Å². The Hall–Kier alpha value is -1.02. The molecule has 1 aromatic carbocycles. The predicted molar refractivity (Wildman–Crippen MR) is 66.8 cm³/mol. The smallest absolute Gasteiger partial charge is 0.119 e. The minimum absolute atomic E-state index is 0.193. The molecule has 0 fully saturated rings. The molecular formula is C14H21NO. The lowest BCUT2D eigenvalue weighted by atomic mass is 9.71. The van der Waals surface area contributed by atoms with Gasteiger partial charge in [-0.2, -0.15) is 0 Å². The first-order chi connectivity index (χ1) is 7.54. The Labute approximate surface area is 97.8 Å². The summed E-state index contributed by atoms with van der Waals surface area (Å²) in [6.07, 6.45) is 2.23. The number of hydrogen-bond acceptors (Lipinski definition) is 2. The Morgan fingerprint density at radius 2 is 2.19 bits per heavy atom. The maximum atomic E-state index is 6.15.